The summed E-state index contributed by atoms with van der Waals surface area (Å²) in [5.41, 5.74) is 1.29. The molecule has 0 aromatic heterocycles. The average molecular weight is 381 g/mol. The van der Waals surface area contributed by atoms with Crippen LogP contribution < -0.4 is 0 Å². The number of likely N-dealkylation sites (N-methyl/N-ethyl adjacent to an activating group) is 1. The van der Waals surface area contributed by atoms with Gasteiger partial charge in [-0.05, 0) is 46.1 Å². The maximum atomic E-state index is 10.6. The zero-order valence-electron chi connectivity index (χ0n) is 18.3. The van der Waals surface area contributed by atoms with Gasteiger partial charge in [-0.1, -0.05) is 37.6 Å². The van der Waals surface area contributed by atoms with Gasteiger partial charge in [0.2, 0.25) is 5.91 Å². The van der Waals surface area contributed by atoms with E-state index in [9.17, 15) is 10.2 Å². The molecule has 2 aliphatic rings. The van der Waals surface area contributed by atoms with Gasteiger partial charge in [0.05, 0.1) is 12.3 Å². The lowest BCUT2D eigenvalue weighted by Gasteiger charge is -2.40. The SMILES string of the molecule is CC(C)C1N(C(C)CN(C)C(O)(O)CCC2=CC=CCC2)C(C)N(C)N1C. The van der Waals surface area contributed by atoms with Gasteiger partial charge >= 0.3 is 0 Å². The molecule has 1 saturated heterocycles. The molecular formula is C21H40N4O2. The minimum Gasteiger partial charge on any atom is -0.353 e. The molecule has 2 rings (SSSR count). The van der Waals surface area contributed by atoms with Crippen molar-refractivity contribution >= 4 is 0 Å². The minimum atomic E-state index is -1.79. The number of hydrogen-bond acceptors (Lipinski definition) is 6. The molecule has 0 amide bonds. The van der Waals surface area contributed by atoms with E-state index in [0.29, 0.717) is 25.0 Å². The van der Waals surface area contributed by atoms with Crippen molar-refractivity contribution in [1.82, 2.24) is 19.8 Å². The topological polar surface area (TPSA) is 53.4 Å². The first-order valence-electron chi connectivity index (χ1n) is 10.3. The third-order valence-electron chi connectivity index (χ3n) is 6.29. The Kier molecular flexibility index (Phi) is 7.64. The van der Waals surface area contributed by atoms with Crippen LogP contribution in [0.15, 0.2) is 23.8 Å². The van der Waals surface area contributed by atoms with Crippen molar-refractivity contribution in [3.8, 4) is 0 Å². The van der Waals surface area contributed by atoms with Gasteiger partial charge in [-0.25, -0.2) is 10.0 Å². The van der Waals surface area contributed by atoms with Crippen LogP contribution in [0.3, 0.4) is 0 Å². The van der Waals surface area contributed by atoms with Gasteiger partial charge in [0, 0.05) is 33.1 Å². The van der Waals surface area contributed by atoms with Crippen LogP contribution in [-0.4, -0.2) is 82.0 Å². The van der Waals surface area contributed by atoms with E-state index in [1.165, 1.54) is 5.57 Å². The molecule has 1 fully saturated rings. The fourth-order valence-corrected chi connectivity index (χ4v) is 4.48. The van der Waals surface area contributed by atoms with Crippen molar-refractivity contribution in [2.75, 3.05) is 27.7 Å². The summed E-state index contributed by atoms with van der Waals surface area (Å²) in [5, 5.41) is 25.8. The third-order valence-corrected chi connectivity index (χ3v) is 6.29. The molecule has 27 heavy (non-hydrogen) atoms. The number of allylic oxidation sites excluding steroid dienone is 4. The Bertz CT molecular complexity index is 546. The quantitative estimate of drug-likeness (QED) is 0.631. The van der Waals surface area contributed by atoms with Crippen LogP contribution >= 0.6 is 0 Å². The maximum absolute atomic E-state index is 10.6. The summed E-state index contributed by atoms with van der Waals surface area (Å²) in [6.45, 7) is 9.47. The van der Waals surface area contributed by atoms with Crippen molar-refractivity contribution in [3.05, 3.63) is 23.8 Å². The van der Waals surface area contributed by atoms with Crippen LogP contribution in [0.1, 0.15) is 53.4 Å². The summed E-state index contributed by atoms with van der Waals surface area (Å²) in [5.74, 6) is -1.31. The molecule has 0 radical (unpaired) electrons. The first-order valence-corrected chi connectivity index (χ1v) is 10.3. The molecule has 0 aromatic rings. The Morgan fingerprint density at radius 2 is 1.89 bits per heavy atom. The fraction of sp³-hybridized carbons (Fsp3) is 0.810. The molecule has 3 unspecified atom stereocenters. The summed E-state index contributed by atoms with van der Waals surface area (Å²) < 4.78 is 0. The number of hydrogen-bond donors (Lipinski definition) is 2. The largest absolute Gasteiger partial charge is 0.353 e. The molecule has 1 aliphatic heterocycles. The summed E-state index contributed by atoms with van der Waals surface area (Å²) in [4.78, 5) is 4.17. The van der Waals surface area contributed by atoms with Crippen molar-refractivity contribution in [1.29, 1.82) is 0 Å². The summed E-state index contributed by atoms with van der Waals surface area (Å²) in [6.07, 6.45) is 10.0. The second-order valence-electron chi connectivity index (χ2n) is 8.68. The molecular weight excluding hydrogens is 340 g/mol. The zero-order chi connectivity index (χ0) is 20.4. The molecule has 0 aromatic carbocycles. The molecule has 3 atom stereocenters. The zero-order valence-corrected chi connectivity index (χ0v) is 18.3. The molecule has 6 heteroatoms. The Morgan fingerprint density at radius 1 is 1.22 bits per heavy atom. The normalized spacial score (nSPS) is 27.0. The Labute approximate surface area is 165 Å². The van der Waals surface area contributed by atoms with Crippen molar-refractivity contribution < 1.29 is 10.2 Å². The average Bonchev–Trinajstić information content (AvgIpc) is 2.85. The van der Waals surface area contributed by atoms with Gasteiger partial charge in [0.1, 0.15) is 0 Å². The highest BCUT2D eigenvalue weighted by molar-refractivity contribution is 5.17. The molecule has 6 nitrogen and oxygen atoms in total. The number of rotatable bonds is 8. The van der Waals surface area contributed by atoms with Gasteiger partial charge < -0.3 is 10.2 Å². The highest BCUT2D eigenvalue weighted by Crippen LogP contribution is 2.30. The van der Waals surface area contributed by atoms with E-state index in [0.717, 1.165) is 19.3 Å². The first-order chi connectivity index (χ1) is 12.6. The van der Waals surface area contributed by atoms with Crippen LogP contribution in [0.2, 0.25) is 0 Å². The predicted octanol–water partition coefficient (Wildman–Crippen LogP) is 2.42. The van der Waals surface area contributed by atoms with Gasteiger partial charge in [-0.15, -0.1) is 0 Å². The van der Waals surface area contributed by atoms with E-state index in [4.69, 9.17) is 0 Å². The molecule has 1 heterocycles. The van der Waals surface area contributed by atoms with Gasteiger partial charge in [-0.2, -0.15) is 0 Å². The molecule has 156 valence electrons. The molecule has 0 saturated carbocycles. The highest BCUT2D eigenvalue weighted by Gasteiger charge is 2.44. The van der Waals surface area contributed by atoms with E-state index in [1.54, 1.807) is 4.90 Å². The Morgan fingerprint density at radius 3 is 2.44 bits per heavy atom. The fourth-order valence-electron chi connectivity index (χ4n) is 4.48. The van der Waals surface area contributed by atoms with Crippen LogP contribution in [0, 0.1) is 5.92 Å². The maximum Gasteiger partial charge on any atom is 0.225 e. The Hall–Kier alpha value is -0.760. The van der Waals surface area contributed by atoms with Crippen LogP contribution in [0.25, 0.3) is 0 Å². The lowest BCUT2D eigenvalue weighted by molar-refractivity contribution is -0.263. The van der Waals surface area contributed by atoms with E-state index >= 15 is 0 Å². The van der Waals surface area contributed by atoms with Gasteiger partial charge in [0.25, 0.3) is 0 Å². The lowest BCUT2D eigenvalue weighted by Crippen LogP contribution is -2.55. The van der Waals surface area contributed by atoms with Crippen LogP contribution in [0.5, 0.6) is 0 Å². The van der Waals surface area contributed by atoms with E-state index < -0.39 is 5.91 Å². The first kappa shape index (κ1) is 22.5. The molecule has 1 aliphatic carbocycles. The van der Waals surface area contributed by atoms with Gasteiger partial charge in [0.15, 0.2) is 0 Å². The number of aliphatic hydroxyl groups is 2. The summed E-state index contributed by atoms with van der Waals surface area (Å²) in [7, 11) is 6.06. The van der Waals surface area contributed by atoms with Crippen LogP contribution in [0.4, 0.5) is 0 Å². The second-order valence-corrected chi connectivity index (χ2v) is 8.68. The number of hydrazine groups is 1. The van der Waals surface area contributed by atoms with E-state index in [1.807, 2.05) is 7.05 Å². The smallest absolute Gasteiger partial charge is 0.225 e. The van der Waals surface area contributed by atoms with Crippen molar-refractivity contribution in [2.24, 2.45) is 5.92 Å². The monoisotopic (exact) mass is 380 g/mol. The minimum absolute atomic E-state index is 0.195. The number of nitrogens with zero attached hydrogens (tertiary/aromatic N) is 4. The van der Waals surface area contributed by atoms with Crippen molar-refractivity contribution in [2.45, 2.75) is 77.7 Å². The summed E-state index contributed by atoms with van der Waals surface area (Å²) in [6, 6.07) is 0.195. The van der Waals surface area contributed by atoms with Gasteiger partial charge in [-0.3, -0.25) is 9.80 Å². The molecule has 0 spiro atoms. The lowest BCUT2D eigenvalue weighted by atomic mass is 9.99. The highest BCUT2D eigenvalue weighted by atomic mass is 16.5. The summed E-state index contributed by atoms with van der Waals surface area (Å²) >= 11 is 0. The molecule has 0 bridgehead atoms. The van der Waals surface area contributed by atoms with E-state index in [-0.39, 0.29) is 12.2 Å². The predicted molar refractivity (Wildman–Crippen MR) is 110 cm³/mol. The van der Waals surface area contributed by atoms with Crippen molar-refractivity contribution in [3.63, 3.8) is 0 Å². The van der Waals surface area contributed by atoms with E-state index in [2.05, 4.69) is 74.9 Å². The van der Waals surface area contributed by atoms with Crippen LogP contribution in [-0.2, 0) is 0 Å². The third kappa shape index (κ3) is 5.19. The Balaban J connectivity index is 1.99. The standard InChI is InChI=1S/C21H40N4O2/c1-16(2)20-24(7)23(6)18(4)25(20)17(3)15-22(5)21(26,27)14-13-19-11-9-8-10-12-19/h8-9,11,16-18,20,26-27H,10,12-15H2,1-7H3. The molecule has 2 N–H and O–H groups in total. The second kappa shape index (κ2) is 9.16.